The highest BCUT2D eigenvalue weighted by Gasteiger charge is 2.17. The molecular weight excluding hydrogens is 156 g/mol. The molecule has 0 saturated heterocycles. The van der Waals surface area contributed by atoms with Crippen molar-refractivity contribution in [3.05, 3.63) is 0 Å². The molecule has 0 aliphatic carbocycles. The molecule has 0 aromatic heterocycles. The Morgan fingerprint density at radius 2 is 2.00 bits per heavy atom. The van der Waals surface area contributed by atoms with Crippen molar-refractivity contribution in [1.82, 2.24) is 0 Å². The predicted octanol–water partition coefficient (Wildman–Crippen LogP) is 0.593. The molecular formula is C9H18O3. The summed E-state index contributed by atoms with van der Waals surface area (Å²) in [6.45, 7) is 3.62. The van der Waals surface area contributed by atoms with Gasteiger partial charge in [-0.25, -0.2) is 0 Å². The molecule has 0 saturated carbocycles. The quantitative estimate of drug-likeness (QED) is 0.619. The molecule has 0 aliphatic heterocycles. The van der Waals surface area contributed by atoms with E-state index in [9.17, 15) is 4.79 Å². The van der Waals surface area contributed by atoms with E-state index in [1.807, 2.05) is 6.92 Å². The fourth-order valence-electron chi connectivity index (χ4n) is 1.25. The van der Waals surface area contributed by atoms with Crippen molar-refractivity contribution in [3.63, 3.8) is 0 Å². The lowest BCUT2D eigenvalue weighted by Gasteiger charge is -2.19. The molecule has 0 rings (SSSR count). The van der Waals surface area contributed by atoms with Crippen LogP contribution < -0.4 is 0 Å². The van der Waals surface area contributed by atoms with Gasteiger partial charge in [-0.2, -0.15) is 0 Å². The summed E-state index contributed by atoms with van der Waals surface area (Å²) in [5.74, 6) is 0.317. The van der Waals surface area contributed by atoms with Crippen LogP contribution in [0.1, 0.15) is 26.7 Å². The first-order valence-corrected chi connectivity index (χ1v) is 4.33. The van der Waals surface area contributed by atoms with E-state index in [1.165, 1.54) is 6.92 Å². The minimum absolute atomic E-state index is 0.00894. The number of hydrogen-bond donors (Lipinski definition) is 2. The van der Waals surface area contributed by atoms with Crippen LogP contribution in [-0.2, 0) is 4.79 Å². The van der Waals surface area contributed by atoms with Gasteiger partial charge >= 0.3 is 0 Å². The number of aliphatic hydroxyl groups excluding tert-OH is 2. The molecule has 12 heavy (non-hydrogen) atoms. The van der Waals surface area contributed by atoms with E-state index in [1.54, 1.807) is 0 Å². The lowest BCUT2D eigenvalue weighted by molar-refractivity contribution is -0.118. The van der Waals surface area contributed by atoms with Gasteiger partial charge in [-0.3, -0.25) is 0 Å². The van der Waals surface area contributed by atoms with Gasteiger partial charge in [-0.15, -0.1) is 0 Å². The van der Waals surface area contributed by atoms with Crippen LogP contribution >= 0.6 is 0 Å². The topological polar surface area (TPSA) is 57.5 Å². The summed E-state index contributed by atoms with van der Waals surface area (Å²) in [5.41, 5.74) is 0. The molecule has 0 radical (unpaired) electrons. The first kappa shape index (κ1) is 11.6. The van der Waals surface area contributed by atoms with E-state index in [0.29, 0.717) is 12.8 Å². The summed E-state index contributed by atoms with van der Waals surface area (Å²) in [6, 6.07) is 0. The minimum atomic E-state index is 0.00894. The summed E-state index contributed by atoms with van der Waals surface area (Å²) in [7, 11) is 0. The Morgan fingerprint density at radius 3 is 2.33 bits per heavy atom. The van der Waals surface area contributed by atoms with E-state index in [2.05, 4.69) is 0 Å². The fourth-order valence-corrected chi connectivity index (χ4v) is 1.25. The monoisotopic (exact) mass is 174 g/mol. The third kappa shape index (κ3) is 4.46. The second-order valence-electron chi connectivity index (χ2n) is 3.34. The maximum atomic E-state index is 10.7. The highest BCUT2D eigenvalue weighted by atomic mass is 16.3. The second-order valence-corrected chi connectivity index (χ2v) is 3.34. The van der Waals surface area contributed by atoms with Crippen molar-refractivity contribution >= 4 is 5.78 Å². The molecule has 0 fully saturated rings. The highest BCUT2D eigenvalue weighted by molar-refractivity contribution is 5.75. The van der Waals surface area contributed by atoms with Crippen molar-refractivity contribution in [2.75, 3.05) is 13.2 Å². The molecule has 2 atom stereocenters. The van der Waals surface area contributed by atoms with Crippen LogP contribution in [0.3, 0.4) is 0 Å². The Hall–Kier alpha value is -0.410. The standard InChI is InChI=1S/C9H18O3/c1-7(3-4-10)9(6-11)5-8(2)12/h7,9-11H,3-6H2,1-2H3. The number of rotatable bonds is 6. The lowest BCUT2D eigenvalue weighted by Crippen LogP contribution is -2.19. The van der Waals surface area contributed by atoms with Gasteiger partial charge in [0.15, 0.2) is 0 Å². The van der Waals surface area contributed by atoms with Crippen molar-refractivity contribution < 1.29 is 15.0 Å². The van der Waals surface area contributed by atoms with Crippen LogP contribution in [0.5, 0.6) is 0 Å². The Kier molecular flexibility index (Phi) is 5.93. The Bertz CT molecular complexity index is 134. The zero-order valence-electron chi connectivity index (χ0n) is 7.79. The van der Waals surface area contributed by atoms with Gasteiger partial charge < -0.3 is 15.0 Å². The first-order chi connectivity index (χ1) is 5.61. The zero-order valence-corrected chi connectivity index (χ0v) is 7.79. The first-order valence-electron chi connectivity index (χ1n) is 4.33. The molecule has 0 amide bonds. The molecule has 0 spiro atoms. The van der Waals surface area contributed by atoms with Gasteiger partial charge in [0.1, 0.15) is 5.78 Å². The molecule has 0 aliphatic rings. The van der Waals surface area contributed by atoms with Crippen molar-refractivity contribution in [2.45, 2.75) is 26.7 Å². The van der Waals surface area contributed by atoms with Gasteiger partial charge in [0.05, 0.1) is 0 Å². The smallest absolute Gasteiger partial charge is 0.130 e. The van der Waals surface area contributed by atoms with E-state index >= 15 is 0 Å². The highest BCUT2D eigenvalue weighted by Crippen LogP contribution is 2.18. The Balaban J connectivity index is 3.86. The molecule has 0 aromatic carbocycles. The average Bonchev–Trinajstić information content (AvgIpc) is 2.00. The van der Waals surface area contributed by atoms with Gasteiger partial charge in [-0.1, -0.05) is 6.92 Å². The van der Waals surface area contributed by atoms with E-state index in [4.69, 9.17) is 10.2 Å². The van der Waals surface area contributed by atoms with Gasteiger partial charge in [0, 0.05) is 19.6 Å². The summed E-state index contributed by atoms with van der Waals surface area (Å²) in [4.78, 5) is 10.7. The van der Waals surface area contributed by atoms with E-state index in [0.717, 1.165) is 0 Å². The number of carbonyl (C=O) groups excluding carboxylic acids is 1. The normalized spacial score (nSPS) is 15.7. The zero-order chi connectivity index (χ0) is 9.56. The molecule has 3 heteroatoms. The van der Waals surface area contributed by atoms with Gasteiger partial charge in [0.25, 0.3) is 0 Å². The Morgan fingerprint density at radius 1 is 1.42 bits per heavy atom. The summed E-state index contributed by atoms with van der Waals surface area (Å²) < 4.78 is 0. The molecule has 72 valence electrons. The summed E-state index contributed by atoms with van der Waals surface area (Å²) in [6.07, 6.45) is 1.07. The van der Waals surface area contributed by atoms with Crippen LogP contribution in [0.15, 0.2) is 0 Å². The number of aliphatic hydroxyl groups is 2. The van der Waals surface area contributed by atoms with Crippen LogP contribution in [-0.4, -0.2) is 29.2 Å². The number of Topliss-reactive ketones (excluding diaryl/α,β-unsaturated/α-hetero) is 1. The van der Waals surface area contributed by atoms with E-state index < -0.39 is 0 Å². The van der Waals surface area contributed by atoms with Crippen LogP contribution in [0.4, 0.5) is 0 Å². The second kappa shape index (κ2) is 6.14. The third-order valence-electron chi connectivity index (χ3n) is 2.17. The SMILES string of the molecule is CC(=O)CC(CO)C(C)CCO. The van der Waals surface area contributed by atoms with Gasteiger partial charge in [0.2, 0.25) is 0 Å². The third-order valence-corrected chi connectivity index (χ3v) is 2.17. The lowest BCUT2D eigenvalue weighted by atomic mass is 9.88. The van der Waals surface area contributed by atoms with Crippen LogP contribution in [0, 0.1) is 11.8 Å². The molecule has 0 heterocycles. The number of ketones is 1. The predicted molar refractivity (Wildman–Crippen MR) is 46.7 cm³/mol. The molecule has 2 unspecified atom stereocenters. The van der Waals surface area contributed by atoms with Crippen LogP contribution in [0.25, 0.3) is 0 Å². The summed E-state index contributed by atoms with van der Waals surface area (Å²) in [5, 5.41) is 17.6. The number of carbonyl (C=O) groups is 1. The van der Waals surface area contributed by atoms with E-state index in [-0.39, 0.29) is 30.8 Å². The fraction of sp³-hybridized carbons (Fsp3) is 0.889. The number of hydrogen-bond acceptors (Lipinski definition) is 3. The van der Waals surface area contributed by atoms with Gasteiger partial charge in [-0.05, 0) is 25.2 Å². The van der Waals surface area contributed by atoms with Crippen molar-refractivity contribution in [1.29, 1.82) is 0 Å². The average molecular weight is 174 g/mol. The molecule has 2 N–H and O–H groups in total. The summed E-state index contributed by atoms with van der Waals surface area (Å²) >= 11 is 0. The van der Waals surface area contributed by atoms with Crippen molar-refractivity contribution in [3.8, 4) is 0 Å². The molecule has 3 nitrogen and oxygen atoms in total. The maximum Gasteiger partial charge on any atom is 0.130 e. The minimum Gasteiger partial charge on any atom is -0.396 e. The molecule has 0 aromatic rings. The van der Waals surface area contributed by atoms with Crippen molar-refractivity contribution in [2.24, 2.45) is 11.8 Å². The van der Waals surface area contributed by atoms with Crippen LogP contribution in [0.2, 0.25) is 0 Å². The molecule has 0 bridgehead atoms. The maximum absolute atomic E-state index is 10.7. The largest absolute Gasteiger partial charge is 0.396 e. The Labute approximate surface area is 73.4 Å².